The quantitative estimate of drug-likeness (QED) is 0.845. The molecule has 26 heavy (non-hydrogen) atoms. The van der Waals surface area contributed by atoms with Gasteiger partial charge in [-0.1, -0.05) is 13.0 Å². The van der Waals surface area contributed by atoms with Gasteiger partial charge in [0.15, 0.2) is 0 Å². The zero-order valence-corrected chi connectivity index (χ0v) is 15.6. The van der Waals surface area contributed by atoms with Crippen LogP contribution in [0.15, 0.2) is 35.5 Å². The van der Waals surface area contributed by atoms with Gasteiger partial charge in [0.25, 0.3) is 5.91 Å². The summed E-state index contributed by atoms with van der Waals surface area (Å²) in [5.41, 5.74) is 1.53. The third-order valence-electron chi connectivity index (χ3n) is 4.26. The molecule has 1 saturated heterocycles. The van der Waals surface area contributed by atoms with E-state index in [4.69, 9.17) is 4.74 Å². The van der Waals surface area contributed by atoms with Crippen LogP contribution < -0.4 is 5.32 Å². The number of nitrogens with one attached hydrogen (secondary N) is 1. The summed E-state index contributed by atoms with van der Waals surface area (Å²) in [6.45, 7) is 3.28. The third-order valence-corrected chi connectivity index (χ3v) is 6.24. The lowest BCUT2D eigenvalue weighted by Crippen LogP contribution is -2.41. The van der Waals surface area contributed by atoms with Gasteiger partial charge in [-0.3, -0.25) is 9.48 Å². The van der Waals surface area contributed by atoms with E-state index in [1.807, 2.05) is 6.92 Å². The second kappa shape index (κ2) is 7.56. The Hall–Kier alpha value is -2.23. The minimum atomic E-state index is -3.67. The molecule has 1 amide bonds. The number of benzene rings is 1. The molecule has 3 rings (SSSR count). The Morgan fingerprint density at radius 3 is 2.65 bits per heavy atom. The van der Waals surface area contributed by atoms with Crippen LogP contribution >= 0.6 is 0 Å². The van der Waals surface area contributed by atoms with Gasteiger partial charge in [0, 0.05) is 31.9 Å². The molecule has 0 saturated carbocycles. The minimum absolute atomic E-state index is 0.181. The molecule has 1 aromatic carbocycles. The first-order chi connectivity index (χ1) is 12.4. The molecule has 9 heteroatoms. The summed E-state index contributed by atoms with van der Waals surface area (Å²) in [5, 5.41) is 6.72. The van der Waals surface area contributed by atoms with Crippen molar-refractivity contribution >= 4 is 21.6 Å². The number of anilines is 1. The molecule has 0 spiro atoms. The number of carbonyl (C=O) groups is 1. The number of sulfonamides is 1. The summed E-state index contributed by atoms with van der Waals surface area (Å²) in [7, 11) is -1.92. The molecule has 0 radical (unpaired) electrons. The molecule has 1 aliphatic rings. The van der Waals surface area contributed by atoms with Crippen LogP contribution in [0.25, 0.3) is 0 Å². The van der Waals surface area contributed by atoms with Gasteiger partial charge in [-0.25, -0.2) is 8.42 Å². The van der Waals surface area contributed by atoms with Gasteiger partial charge in [0.1, 0.15) is 0 Å². The molecule has 1 fully saturated rings. The Morgan fingerprint density at radius 1 is 1.31 bits per heavy atom. The highest BCUT2D eigenvalue weighted by molar-refractivity contribution is 7.89. The van der Waals surface area contributed by atoms with E-state index in [-0.39, 0.29) is 16.4 Å². The second-order valence-corrected chi connectivity index (χ2v) is 7.96. The van der Waals surface area contributed by atoms with Crippen molar-refractivity contribution in [1.82, 2.24) is 14.1 Å². The van der Waals surface area contributed by atoms with E-state index in [1.165, 1.54) is 16.6 Å². The molecule has 1 aromatic heterocycles. The first-order valence-corrected chi connectivity index (χ1v) is 9.86. The van der Waals surface area contributed by atoms with Crippen LogP contribution in [0, 0.1) is 0 Å². The Labute approximate surface area is 152 Å². The van der Waals surface area contributed by atoms with E-state index in [0.717, 1.165) is 0 Å². The lowest BCUT2D eigenvalue weighted by atomic mass is 10.1. The molecule has 0 bridgehead atoms. The molecule has 140 valence electrons. The van der Waals surface area contributed by atoms with Crippen LogP contribution in [0.4, 0.5) is 5.69 Å². The maximum Gasteiger partial charge on any atom is 0.255 e. The number of carbonyl (C=O) groups excluding carboxylic acids is 1. The maximum absolute atomic E-state index is 13.0. The van der Waals surface area contributed by atoms with Gasteiger partial charge < -0.3 is 10.1 Å². The number of amides is 1. The lowest BCUT2D eigenvalue weighted by Gasteiger charge is -2.27. The van der Waals surface area contributed by atoms with Gasteiger partial charge >= 0.3 is 0 Å². The van der Waals surface area contributed by atoms with Crippen molar-refractivity contribution in [1.29, 1.82) is 0 Å². The maximum atomic E-state index is 13.0. The number of aryl methyl sites for hydroxylation is 2. The lowest BCUT2D eigenvalue weighted by molar-refractivity contribution is 0.0730. The van der Waals surface area contributed by atoms with Crippen LogP contribution in [0.2, 0.25) is 0 Å². The first kappa shape index (κ1) is 18.6. The number of ether oxygens (including phenoxy) is 1. The highest BCUT2D eigenvalue weighted by atomic mass is 32.2. The van der Waals surface area contributed by atoms with Gasteiger partial charge in [-0.2, -0.15) is 9.40 Å². The smallest absolute Gasteiger partial charge is 0.255 e. The van der Waals surface area contributed by atoms with Crippen LogP contribution in [-0.2, 0) is 28.2 Å². The summed E-state index contributed by atoms with van der Waals surface area (Å²) in [6.07, 6.45) is 3.76. The van der Waals surface area contributed by atoms with E-state index < -0.39 is 10.0 Å². The molecule has 2 aromatic rings. The predicted molar refractivity (Wildman–Crippen MR) is 96.6 cm³/mol. The molecule has 1 aliphatic heterocycles. The van der Waals surface area contributed by atoms with Gasteiger partial charge in [0.2, 0.25) is 10.0 Å². The number of morpholine rings is 1. The summed E-state index contributed by atoms with van der Waals surface area (Å²) < 4.78 is 34.3. The average Bonchev–Trinajstić information content (AvgIpc) is 3.06. The molecular formula is C17H22N4O4S. The average molecular weight is 378 g/mol. The highest BCUT2D eigenvalue weighted by Gasteiger charge is 2.29. The molecule has 0 aliphatic carbocycles. The first-order valence-electron chi connectivity index (χ1n) is 8.42. The number of hydrogen-bond acceptors (Lipinski definition) is 5. The summed E-state index contributed by atoms with van der Waals surface area (Å²) in [6, 6.07) is 4.80. The van der Waals surface area contributed by atoms with Crippen LogP contribution in [0.1, 0.15) is 22.8 Å². The minimum Gasteiger partial charge on any atom is -0.379 e. The summed E-state index contributed by atoms with van der Waals surface area (Å²) >= 11 is 0. The van der Waals surface area contributed by atoms with Crippen molar-refractivity contribution in [2.45, 2.75) is 18.2 Å². The predicted octanol–water partition coefficient (Wildman–Crippen LogP) is 1.26. The molecule has 0 atom stereocenters. The molecule has 2 heterocycles. The Morgan fingerprint density at radius 2 is 2.04 bits per heavy atom. The number of aromatic nitrogens is 2. The van der Waals surface area contributed by atoms with E-state index in [0.29, 0.717) is 44.0 Å². The van der Waals surface area contributed by atoms with Crippen LogP contribution in [0.5, 0.6) is 0 Å². The van der Waals surface area contributed by atoms with Crippen molar-refractivity contribution in [2.75, 3.05) is 31.6 Å². The van der Waals surface area contributed by atoms with Gasteiger partial charge in [-0.05, 0) is 24.1 Å². The molecule has 0 unspecified atom stereocenters. The zero-order valence-electron chi connectivity index (χ0n) is 14.8. The number of hydrogen-bond donors (Lipinski definition) is 1. The van der Waals surface area contributed by atoms with E-state index in [1.54, 1.807) is 30.1 Å². The SMILES string of the molecule is CCc1ccc(C(=O)Nc2cnn(C)c2)cc1S(=O)(=O)N1CCOCC1. The van der Waals surface area contributed by atoms with E-state index in [2.05, 4.69) is 10.4 Å². The monoisotopic (exact) mass is 378 g/mol. The van der Waals surface area contributed by atoms with E-state index >= 15 is 0 Å². The Balaban J connectivity index is 1.92. The van der Waals surface area contributed by atoms with Gasteiger partial charge in [-0.15, -0.1) is 0 Å². The fourth-order valence-corrected chi connectivity index (χ4v) is 4.57. The molecule has 8 nitrogen and oxygen atoms in total. The van der Waals surface area contributed by atoms with E-state index in [9.17, 15) is 13.2 Å². The normalized spacial score (nSPS) is 15.8. The standard InChI is InChI=1S/C17H22N4O4S/c1-3-13-4-5-14(17(22)19-15-11-18-20(2)12-15)10-16(13)26(23,24)21-6-8-25-9-7-21/h4-5,10-12H,3,6-9H2,1-2H3,(H,19,22). The number of rotatable bonds is 5. The van der Waals surface area contributed by atoms with Crippen molar-refractivity contribution in [2.24, 2.45) is 7.05 Å². The Bertz CT molecular complexity index is 901. The van der Waals surface area contributed by atoms with Gasteiger partial charge in [0.05, 0.1) is 30.0 Å². The third kappa shape index (κ3) is 3.79. The molecule has 1 N–H and O–H groups in total. The fourth-order valence-electron chi connectivity index (χ4n) is 2.84. The molecular weight excluding hydrogens is 356 g/mol. The number of nitrogens with zero attached hydrogens (tertiary/aromatic N) is 3. The van der Waals surface area contributed by atoms with Crippen LogP contribution in [-0.4, -0.2) is 54.7 Å². The second-order valence-electron chi connectivity index (χ2n) is 6.05. The largest absolute Gasteiger partial charge is 0.379 e. The van der Waals surface area contributed by atoms with Crippen molar-refractivity contribution < 1.29 is 17.9 Å². The zero-order chi connectivity index (χ0) is 18.7. The summed E-state index contributed by atoms with van der Waals surface area (Å²) in [4.78, 5) is 12.7. The fraction of sp³-hybridized carbons (Fsp3) is 0.412. The van der Waals surface area contributed by atoms with Crippen LogP contribution in [0.3, 0.4) is 0 Å². The van der Waals surface area contributed by atoms with Crippen molar-refractivity contribution in [3.8, 4) is 0 Å². The van der Waals surface area contributed by atoms with Crippen molar-refractivity contribution in [3.63, 3.8) is 0 Å². The highest BCUT2D eigenvalue weighted by Crippen LogP contribution is 2.24. The summed E-state index contributed by atoms with van der Waals surface area (Å²) in [5.74, 6) is -0.376. The topological polar surface area (TPSA) is 93.5 Å². The Kier molecular flexibility index (Phi) is 5.40. The van der Waals surface area contributed by atoms with Crippen molar-refractivity contribution in [3.05, 3.63) is 41.7 Å².